The molecule has 0 aliphatic heterocycles. The topological polar surface area (TPSA) is 49.3 Å². The van der Waals surface area contributed by atoms with Crippen LogP contribution in [0.4, 0.5) is 5.69 Å². The van der Waals surface area contributed by atoms with E-state index in [1.807, 2.05) is 13.0 Å². The van der Waals surface area contributed by atoms with Gasteiger partial charge in [0, 0.05) is 11.6 Å². The summed E-state index contributed by atoms with van der Waals surface area (Å²) in [5, 5.41) is 12.4. The maximum absolute atomic E-state index is 12.2. The molecule has 3 unspecified atom stereocenters. The Morgan fingerprint density at radius 2 is 2.17 bits per heavy atom. The lowest BCUT2D eigenvalue weighted by Gasteiger charge is -2.20. The minimum atomic E-state index is 0.160. The molecule has 3 heteroatoms. The molecule has 2 aliphatic rings. The highest BCUT2D eigenvalue weighted by Crippen LogP contribution is 2.48. The van der Waals surface area contributed by atoms with E-state index in [2.05, 4.69) is 5.32 Å². The molecule has 0 radical (unpaired) electrons. The van der Waals surface area contributed by atoms with Crippen LogP contribution < -0.4 is 5.32 Å². The molecule has 2 aliphatic carbocycles. The molecule has 2 saturated carbocycles. The summed E-state index contributed by atoms with van der Waals surface area (Å²) >= 11 is 0. The third-order valence-electron chi connectivity index (χ3n) is 4.54. The number of phenolic OH excluding ortho intramolecular Hbond substituents is 1. The van der Waals surface area contributed by atoms with Crippen molar-refractivity contribution in [2.24, 2.45) is 17.8 Å². The Morgan fingerprint density at radius 3 is 2.78 bits per heavy atom. The quantitative estimate of drug-likeness (QED) is 0.787. The number of phenols is 1. The number of rotatable bonds is 2. The van der Waals surface area contributed by atoms with Gasteiger partial charge < -0.3 is 10.4 Å². The molecule has 3 rings (SSSR count). The molecule has 3 atom stereocenters. The Kier molecular flexibility index (Phi) is 2.77. The molecule has 1 amide bonds. The molecule has 1 aromatic rings. The summed E-state index contributed by atoms with van der Waals surface area (Å²) in [6.45, 7) is 1.84. The maximum atomic E-state index is 12.2. The van der Waals surface area contributed by atoms with Crippen molar-refractivity contribution in [1.82, 2.24) is 0 Å². The molecule has 96 valence electrons. The van der Waals surface area contributed by atoms with E-state index in [1.165, 1.54) is 19.3 Å². The van der Waals surface area contributed by atoms with Gasteiger partial charge in [0.2, 0.25) is 5.91 Å². The summed E-state index contributed by atoms with van der Waals surface area (Å²) < 4.78 is 0. The SMILES string of the molecule is Cc1cc(NC(=O)C2CC3CCC2C3)ccc1O. The van der Waals surface area contributed by atoms with E-state index >= 15 is 0 Å². The average molecular weight is 245 g/mol. The van der Waals surface area contributed by atoms with Gasteiger partial charge in [-0.1, -0.05) is 6.42 Å². The Bertz CT molecular complexity index is 483. The first-order chi connectivity index (χ1) is 8.63. The average Bonchev–Trinajstić information content (AvgIpc) is 2.96. The van der Waals surface area contributed by atoms with Crippen molar-refractivity contribution in [3.8, 4) is 5.75 Å². The van der Waals surface area contributed by atoms with Crippen LogP contribution >= 0.6 is 0 Å². The Hall–Kier alpha value is -1.51. The molecule has 0 aromatic heterocycles. The van der Waals surface area contributed by atoms with E-state index in [-0.39, 0.29) is 17.6 Å². The van der Waals surface area contributed by atoms with Crippen LogP contribution in [0.1, 0.15) is 31.2 Å². The van der Waals surface area contributed by atoms with Crippen LogP contribution in [0.5, 0.6) is 5.75 Å². The lowest BCUT2D eigenvalue weighted by atomic mass is 9.88. The van der Waals surface area contributed by atoms with Crippen molar-refractivity contribution < 1.29 is 9.90 Å². The zero-order chi connectivity index (χ0) is 12.7. The molecular weight excluding hydrogens is 226 g/mol. The summed E-state index contributed by atoms with van der Waals surface area (Å²) in [4.78, 5) is 12.2. The predicted molar refractivity (Wildman–Crippen MR) is 70.4 cm³/mol. The van der Waals surface area contributed by atoms with Crippen LogP contribution in [0, 0.1) is 24.7 Å². The number of amides is 1. The molecule has 3 nitrogen and oxygen atoms in total. The third-order valence-corrected chi connectivity index (χ3v) is 4.54. The van der Waals surface area contributed by atoms with Crippen LogP contribution in [0.2, 0.25) is 0 Å². The van der Waals surface area contributed by atoms with Gasteiger partial charge in [-0.05, 0) is 61.8 Å². The van der Waals surface area contributed by atoms with Crippen molar-refractivity contribution in [3.05, 3.63) is 23.8 Å². The van der Waals surface area contributed by atoms with E-state index in [9.17, 15) is 9.90 Å². The number of aromatic hydroxyl groups is 1. The van der Waals surface area contributed by atoms with Crippen LogP contribution in [-0.4, -0.2) is 11.0 Å². The number of anilines is 1. The summed E-state index contributed by atoms with van der Waals surface area (Å²) in [5.74, 6) is 2.03. The fourth-order valence-electron chi connectivity index (χ4n) is 3.53. The highest BCUT2D eigenvalue weighted by molar-refractivity contribution is 5.93. The molecule has 1 aromatic carbocycles. The lowest BCUT2D eigenvalue weighted by molar-refractivity contribution is -0.121. The Labute approximate surface area is 107 Å². The molecule has 18 heavy (non-hydrogen) atoms. The number of carbonyl (C=O) groups is 1. The van der Waals surface area contributed by atoms with Gasteiger partial charge in [0.15, 0.2) is 0 Å². The summed E-state index contributed by atoms with van der Waals surface area (Å²) in [7, 11) is 0. The first-order valence-corrected chi connectivity index (χ1v) is 6.74. The number of carbonyl (C=O) groups excluding carboxylic acids is 1. The number of hydrogen-bond acceptors (Lipinski definition) is 2. The summed E-state index contributed by atoms with van der Waals surface area (Å²) in [6.07, 6.45) is 4.84. The smallest absolute Gasteiger partial charge is 0.227 e. The van der Waals surface area contributed by atoms with E-state index < -0.39 is 0 Å². The van der Waals surface area contributed by atoms with Gasteiger partial charge in [-0.25, -0.2) is 0 Å². The third kappa shape index (κ3) is 1.98. The van der Waals surface area contributed by atoms with Crippen molar-refractivity contribution in [1.29, 1.82) is 0 Å². The standard InChI is InChI=1S/C15H19NO2/c1-9-6-12(4-5-14(9)17)16-15(18)13-8-10-2-3-11(13)7-10/h4-6,10-11,13,17H,2-3,7-8H2,1H3,(H,16,18). The highest BCUT2D eigenvalue weighted by atomic mass is 16.3. The molecule has 2 bridgehead atoms. The summed E-state index contributed by atoms with van der Waals surface area (Å²) in [5.41, 5.74) is 1.58. The van der Waals surface area contributed by atoms with Gasteiger partial charge in [-0.15, -0.1) is 0 Å². The van der Waals surface area contributed by atoms with E-state index in [0.29, 0.717) is 5.92 Å². The van der Waals surface area contributed by atoms with Gasteiger partial charge in [0.25, 0.3) is 0 Å². The first-order valence-electron chi connectivity index (χ1n) is 6.74. The largest absolute Gasteiger partial charge is 0.508 e. The van der Waals surface area contributed by atoms with Gasteiger partial charge in [-0.2, -0.15) is 0 Å². The molecule has 2 N–H and O–H groups in total. The van der Waals surface area contributed by atoms with Crippen molar-refractivity contribution in [2.45, 2.75) is 32.6 Å². The minimum absolute atomic E-state index is 0.160. The van der Waals surface area contributed by atoms with Crippen molar-refractivity contribution in [2.75, 3.05) is 5.32 Å². The number of fused-ring (bicyclic) bond motifs is 2. The van der Waals surface area contributed by atoms with Gasteiger partial charge in [0.05, 0.1) is 0 Å². The van der Waals surface area contributed by atoms with Crippen LogP contribution in [0.3, 0.4) is 0 Å². The molecule has 2 fully saturated rings. The second-order valence-electron chi connectivity index (χ2n) is 5.77. The van der Waals surface area contributed by atoms with Gasteiger partial charge >= 0.3 is 0 Å². The van der Waals surface area contributed by atoms with Gasteiger partial charge in [0.1, 0.15) is 5.75 Å². The summed E-state index contributed by atoms with van der Waals surface area (Å²) in [6, 6.07) is 5.21. The van der Waals surface area contributed by atoms with Crippen molar-refractivity contribution in [3.63, 3.8) is 0 Å². The fraction of sp³-hybridized carbons (Fsp3) is 0.533. The number of nitrogens with one attached hydrogen (secondary N) is 1. The minimum Gasteiger partial charge on any atom is -0.508 e. The second-order valence-corrected chi connectivity index (χ2v) is 5.77. The number of aryl methyl sites for hydroxylation is 1. The molecule has 0 saturated heterocycles. The molecule has 0 spiro atoms. The highest BCUT2D eigenvalue weighted by Gasteiger charge is 2.42. The second kappa shape index (κ2) is 4.30. The van der Waals surface area contributed by atoms with E-state index in [1.54, 1.807) is 12.1 Å². The molecule has 0 heterocycles. The lowest BCUT2D eigenvalue weighted by Crippen LogP contribution is -2.27. The number of hydrogen-bond donors (Lipinski definition) is 2. The Morgan fingerprint density at radius 1 is 1.33 bits per heavy atom. The van der Waals surface area contributed by atoms with Crippen LogP contribution in [0.25, 0.3) is 0 Å². The van der Waals surface area contributed by atoms with Crippen LogP contribution in [-0.2, 0) is 4.79 Å². The maximum Gasteiger partial charge on any atom is 0.227 e. The monoisotopic (exact) mass is 245 g/mol. The van der Waals surface area contributed by atoms with E-state index in [4.69, 9.17) is 0 Å². The zero-order valence-corrected chi connectivity index (χ0v) is 10.6. The van der Waals surface area contributed by atoms with Gasteiger partial charge in [-0.3, -0.25) is 4.79 Å². The fourth-order valence-corrected chi connectivity index (χ4v) is 3.53. The van der Waals surface area contributed by atoms with Crippen LogP contribution in [0.15, 0.2) is 18.2 Å². The number of benzene rings is 1. The Balaban J connectivity index is 1.69. The first kappa shape index (κ1) is 11.6. The normalized spacial score (nSPS) is 29.5. The zero-order valence-electron chi connectivity index (χ0n) is 10.6. The predicted octanol–water partition coefficient (Wildman–Crippen LogP) is 3.08. The molecular formula is C15H19NO2. The van der Waals surface area contributed by atoms with E-state index in [0.717, 1.165) is 23.6 Å². The van der Waals surface area contributed by atoms with Crippen molar-refractivity contribution >= 4 is 11.6 Å².